The second-order valence-electron chi connectivity index (χ2n) is 8.28. The fourth-order valence-electron chi connectivity index (χ4n) is 5.02. The van der Waals surface area contributed by atoms with Crippen LogP contribution in [0.3, 0.4) is 0 Å². The lowest BCUT2D eigenvalue weighted by molar-refractivity contribution is 0.147. The van der Waals surface area contributed by atoms with Crippen molar-refractivity contribution in [3.63, 3.8) is 0 Å². The van der Waals surface area contributed by atoms with Gasteiger partial charge in [-0.05, 0) is 49.2 Å². The average molecular weight is 361 g/mol. The van der Waals surface area contributed by atoms with E-state index in [1.54, 1.807) is 0 Å². The van der Waals surface area contributed by atoms with E-state index in [1.165, 1.54) is 22.0 Å². The molecule has 5 rings (SSSR count). The number of likely N-dealkylation sites (tertiary alicyclic amines) is 1. The smallest absolute Gasteiger partial charge is 0.128 e. The number of rotatable bonds is 3. The van der Waals surface area contributed by atoms with E-state index >= 15 is 0 Å². The molecule has 1 saturated heterocycles. The Kier molecular flexibility index (Phi) is 3.86. The fraction of sp³-hybridized carbons (Fsp3) is 0.409. The molecule has 3 heterocycles. The van der Waals surface area contributed by atoms with Crippen molar-refractivity contribution in [1.82, 2.24) is 14.9 Å². The molecule has 2 aromatic heterocycles. The van der Waals surface area contributed by atoms with Gasteiger partial charge in [-0.15, -0.1) is 0 Å². The Morgan fingerprint density at radius 1 is 1.22 bits per heavy atom. The van der Waals surface area contributed by atoms with E-state index in [1.807, 2.05) is 25.2 Å². The largest absolute Gasteiger partial charge is 0.380 e. The van der Waals surface area contributed by atoms with Gasteiger partial charge in [-0.25, -0.2) is 4.98 Å². The number of aromatic amines is 1. The molecule has 0 saturated carbocycles. The molecule has 1 aliphatic heterocycles. The van der Waals surface area contributed by atoms with Crippen molar-refractivity contribution in [2.45, 2.75) is 30.8 Å². The van der Waals surface area contributed by atoms with Gasteiger partial charge < -0.3 is 20.1 Å². The van der Waals surface area contributed by atoms with Gasteiger partial charge in [0.25, 0.3) is 0 Å². The van der Waals surface area contributed by atoms with Crippen LogP contribution in [0.5, 0.6) is 0 Å². The van der Waals surface area contributed by atoms with Crippen LogP contribution in [0.25, 0.3) is 10.9 Å². The number of benzene rings is 1. The number of fused-ring (bicyclic) bond motifs is 2. The summed E-state index contributed by atoms with van der Waals surface area (Å²) in [7, 11) is 6.31. The molecule has 1 fully saturated rings. The number of aromatic nitrogens is 2. The third-order valence-corrected chi connectivity index (χ3v) is 6.30. The highest BCUT2D eigenvalue weighted by molar-refractivity contribution is 5.88. The van der Waals surface area contributed by atoms with Crippen LogP contribution in [0.4, 0.5) is 11.5 Å². The van der Waals surface area contributed by atoms with Gasteiger partial charge in [0.15, 0.2) is 0 Å². The van der Waals surface area contributed by atoms with Gasteiger partial charge in [0, 0.05) is 55.7 Å². The third kappa shape index (κ3) is 2.77. The number of pyridine rings is 1. The standard InChI is InChI=1S/C22H27N5/c1-26(2)21-8-7-15(12-24-21)25-16-10-18-17-5-4-6-19-22(17)14(11-23-19)9-20(18)27(3)13-16/h4-8,11-12,16,18,20,23,25H,9-10,13H2,1-3H3/t16-,18?,20+/m0/s1. The average Bonchev–Trinajstić information content (AvgIpc) is 3.08. The molecule has 0 bridgehead atoms. The van der Waals surface area contributed by atoms with Crippen LogP contribution in [-0.2, 0) is 6.42 Å². The number of hydrogen-bond acceptors (Lipinski definition) is 4. The van der Waals surface area contributed by atoms with Gasteiger partial charge in [0.05, 0.1) is 11.9 Å². The summed E-state index contributed by atoms with van der Waals surface area (Å²) in [5, 5.41) is 5.19. The van der Waals surface area contributed by atoms with Crippen LogP contribution in [0.15, 0.2) is 42.7 Å². The Balaban J connectivity index is 1.41. The molecule has 5 nitrogen and oxygen atoms in total. The molecule has 27 heavy (non-hydrogen) atoms. The fourth-order valence-corrected chi connectivity index (χ4v) is 5.02. The van der Waals surface area contributed by atoms with Crippen LogP contribution in [0.1, 0.15) is 23.5 Å². The molecule has 3 atom stereocenters. The zero-order chi connectivity index (χ0) is 18.5. The monoisotopic (exact) mass is 361 g/mol. The topological polar surface area (TPSA) is 47.2 Å². The van der Waals surface area contributed by atoms with Gasteiger partial charge in [0.1, 0.15) is 5.82 Å². The maximum Gasteiger partial charge on any atom is 0.128 e. The summed E-state index contributed by atoms with van der Waals surface area (Å²) in [4.78, 5) is 12.6. The summed E-state index contributed by atoms with van der Waals surface area (Å²) in [5.74, 6) is 1.56. The summed E-state index contributed by atoms with van der Waals surface area (Å²) in [6, 6.07) is 12.0. The van der Waals surface area contributed by atoms with Crippen molar-refractivity contribution < 1.29 is 0 Å². The van der Waals surface area contributed by atoms with Crippen molar-refractivity contribution in [2.75, 3.05) is 37.9 Å². The first kappa shape index (κ1) is 16.6. The van der Waals surface area contributed by atoms with Gasteiger partial charge in [0.2, 0.25) is 0 Å². The number of nitrogens with zero attached hydrogens (tertiary/aromatic N) is 3. The van der Waals surface area contributed by atoms with Crippen LogP contribution in [-0.4, -0.2) is 54.6 Å². The Labute approximate surface area is 160 Å². The molecule has 0 spiro atoms. The number of likely N-dealkylation sites (N-methyl/N-ethyl adjacent to an activating group) is 1. The first-order valence-electron chi connectivity index (χ1n) is 9.79. The zero-order valence-electron chi connectivity index (χ0n) is 16.2. The Bertz CT molecular complexity index is 958. The predicted octanol–water partition coefficient (Wildman–Crippen LogP) is 3.45. The number of hydrogen-bond donors (Lipinski definition) is 2. The van der Waals surface area contributed by atoms with Crippen molar-refractivity contribution in [2.24, 2.45) is 0 Å². The quantitative estimate of drug-likeness (QED) is 0.750. The van der Waals surface area contributed by atoms with E-state index in [9.17, 15) is 0 Å². The van der Waals surface area contributed by atoms with E-state index in [-0.39, 0.29) is 0 Å². The second-order valence-corrected chi connectivity index (χ2v) is 8.28. The van der Waals surface area contributed by atoms with Crippen molar-refractivity contribution in [1.29, 1.82) is 0 Å². The lowest BCUT2D eigenvalue weighted by atomic mass is 9.74. The molecule has 0 radical (unpaired) electrons. The third-order valence-electron chi connectivity index (χ3n) is 6.30. The minimum absolute atomic E-state index is 0.430. The van der Waals surface area contributed by atoms with E-state index in [0.29, 0.717) is 18.0 Å². The van der Waals surface area contributed by atoms with Crippen molar-refractivity contribution in [3.05, 3.63) is 53.9 Å². The van der Waals surface area contributed by atoms with Crippen LogP contribution in [0.2, 0.25) is 0 Å². The van der Waals surface area contributed by atoms with E-state index in [0.717, 1.165) is 30.9 Å². The summed E-state index contributed by atoms with van der Waals surface area (Å²) >= 11 is 0. The van der Waals surface area contributed by atoms with Crippen LogP contribution in [0, 0.1) is 0 Å². The van der Waals surface area contributed by atoms with E-state index in [2.05, 4.69) is 63.8 Å². The van der Waals surface area contributed by atoms with E-state index < -0.39 is 0 Å². The number of piperidine rings is 1. The molecule has 1 aromatic carbocycles. The maximum absolute atomic E-state index is 4.54. The number of anilines is 2. The normalized spacial score (nSPS) is 24.6. The minimum Gasteiger partial charge on any atom is -0.380 e. The summed E-state index contributed by atoms with van der Waals surface area (Å²) < 4.78 is 0. The Hall–Kier alpha value is -2.53. The predicted molar refractivity (Wildman–Crippen MR) is 112 cm³/mol. The van der Waals surface area contributed by atoms with E-state index in [4.69, 9.17) is 0 Å². The lowest BCUT2D eigenvalue weighted by Crippen LogP contribution is -2.51. The van der Waals surface area contributed by atoms with Crippen LogP contribution < -0.4 is 10.2 Å². The first-order valence-corrected chi connectivity index (χ1v) is 9.79. The van der Waals surface area contributed by atoms with Gasteiger partial charge in [-0.2, -0.15) is 0 Å². The molecule has 1 aliphatic carbocycles. The minimum atomic E-state index is 0.430. The molecule has 1 unspecified atom stereocenters. The highest BCUT2D eigenvalue weighted by atomic mass is 15.2. The highest BCUT2D eigenvalue weighted by Gasteiger charge is 2.39. The Morgan fingerprint density at radius 3 is 2.89 bits per heavy atom. The second kappa shape index (κ2) is 6.27. The molecule has 0 amide bonds. The molecule has 3 aromatic rings. The summed E-state index contributed by atoms with van der Waals surface area (Å²) in [5.41, 5.74) is 5.37. The molecule has 2 N–H and O–H groups in total. The first-order chi connectivity index (χ1) is 13.1. The van der Waals surface area contributed by atoms with Gasteiger partial charge >= 0.3 is 0 Å². The summed E-state index contributed by atoms with van der Waals surface area (Å²) in [6.07, 6.45) is 6.46. The molecule has 2 aliphatic rings. The Morgan fingerprint density at radius 2 is 2.11 bits per heavy atom. The summed E-state index contributed by atoms with van der Waals surface area (Å²) in [6.45, 7) is 1.06. The zero-order valence-corrected chi connectivity index (χ0v) is 16.2. The maximum atomic E-state index is 4.54. The highest BCUT2D eigenvalue weighted by Crippen LogP contribution is 2.43. The van der Waals surface area contributed by atoms with Crippen molar-refractivity contribution >= 4 is 22.4 Å². The molecule has 140 valence electrons. The molecular weight excluding hydrogens is 334 g/mol. The lowest BCUT2D eigenvalue weighted by Gasteiger charge is -2.46. The van der Waals surface area contributed by atoms with Crippen LogP contribution >= 0.6 is 0 Å². The molecule has 5 heteroatoms. The molecular formula is C22H27N5. The number of nitrogens with one attached hydrogen (secondary N) is 2. The van der Waals surface area contributed by atoms with Gasteiger partial charge in [-0.3, -0.25) is 0 Å². The number of H-pyrrole nitrogens is 1. The van der Waals surface area contributed by atoms with Gasteiger partial charge in [-0.1, -0.05) is 12.1 Å². The van der Waals surface area contributed by atoms with Crippen molar-refractivity contribution in [3.8, 4) is 0 Å². The SMILES string of the molecule is CN(C)c1ccc(N[C@H]2CC3c4cccc5[nH]cc(c45)C[C@H]3N(C)C2)cn1.